The number of hydrogen-bond donors (Lipinski definition) is 1. The average Bonchev–Trinajstić information content (AvgIpc) is 3.34. The van der Waals surface area contributed by atoms with Crippen LogP contribution in [0.2, 0.25) is 0 Å². The van der Waals surface area contributed by atoms with Gasteiger partial charge in [0.15, 0.2) is 0 Å². The monoisotopic (exact) mass is 302 g/mol. The molecule has 0 heterocycles. The Morgan fingerprint density at radius 3 is 2.50 bits per heavy atom. The molecule has 1 aromatic carbocycles. The van der Waals surface area contributed by atoms with E-state index in [-0.39, 0.29) is 11.8 Å². The molecule has 4 heteroatoms. The van der Waals surface area contributed by atoms with Gasteiger partial charge < -0.3 is 10.2 Å². The van der Waals surface area contributed by atoms with Crippen molar-refractivity contribution in [2.24, 2.45) is 5.41 Å². The van der Waals surface area contributed by atoms with E-state index in [1.54, 1.807) is 11.9 Å². The standard InChI is InChI=1S/C18H26N2O2/c1-4-6-13-20(3)17(22)18(11-12-18)16(21)19-15-10-8-7-9-14(15)5-2/h7-10H,4-6,11-13H2,1-3H3,(H,19,21). The third-order valence-electron chi connectivity index (χ3n) is 4.43. The number of carbonyl (C=O) groups excluding carboxylic acids is 2. The molecular formula is C18H26N2O2. The van der Waals surface area contributed by atoms with Crippen LogP contribution in [0.3, 0.4) is 0 Å². The highest BCUT2D eigenvalue weighted by atomic mass is 16.2. The zero-order valence-electron chi connectivity index (χ0n) is 13.8. The molecular weight excluding hydrogens is 276 g/mol. The van der Waals surface area contributed by atoms with E-state index in [4.69, 9.17) is 0 Å². The van der Waals surface area contributed by atoms with Crippen molar-refractivity contribution >= 4 is 17.5 Å². The summed E-state index contributed by atoms with van der Waals surface area (Å²) in [6.45, 7) is 4.87. The SMILES string of the molecule is CCCCN(C)C(=O)C1(C(=O)Nc2ccccc2CC)CC1. The van der Waals surface area contributed by atoms with Crippen LogP contribution in [0.4, 0.5) is 5.69 Å². The summed E-state index contributed by atoms with van der Waals surface area (Å²) in [5, 5.41) is 2.97. The second kappa shape index (κ2) is 6.95. The van der Waals surface area contributed by atoms with E-state index in [2.05, 4.69) is 19.2 Å². The van der Waals surface area contributed by atoms with Crippen LogP contribution in [-0.4, -0.2) is 30.3 Å². The topological polar surface area (TPSA) is 49.4 Å². The normalized spacial score (nSPS) is 15.2. The maximum Gasteiger partial charge on any atom is 0.240 e. The Balaban J connectivity index is 2.07. The number of nitrogens with zero attached hydrogens (tertiary/aromatic N) is 1. The van der Waals surface area contributed by atoms with Crippen LogP contribution in [-0.2, 0) is 16.0 Å². The van der Waals surface area contributed by atoms with E-state index in [0.717, 1.165) is 37.1 Å². The molecule has 0 radical (unpaired) electrons. The minimum atomic E-state index is -0.830. The number of rotatable bonds is 7. The molecule has 1 aliphatic rings. The molecule has 0 aliphatic heterocycles. The van der Waals surface area contributed by atoms with Crippen molar-refractivity contribution in [1.82, 2.24) is 4.90 Å². The molecule has 0 spiro atoms. The van der Waals surface area contributed by atoms with Gasteiger partial charge in [-0.25, -0.2) is 0 Å². The Bertz CT molecular complexity index is 550. The number of anilines is 1. The Labute approximate surface area is 132 Å². The zero-order chi connectivity index (χ0) is 16.2. The first-order chi connectivity index (χ1) is 10.5. The van der Waals surface area contributed by atoms with Gasteiger partial charge in [0.2, 0.25) is 11.8 Å². The lowest BCUT2D eigenvalue weighted by Crippen LogP contribution is -2.41. The van der Waals surface area contributed by atoms with Crippen molar-refractivity contribution in [2.45, 2.75) is 46.0 Å². The number of unbranched alkanes of at least 4 members (excludes halogenated alkanes) is 1. The van der Waals surface area contributed by atoms with Crippen LogP contribution >= 0.6 is 0 Å². The second-order valence-electron chi connectivity index (χ2n) is 6.13. The van der Waals surface area contributed by atoms with Crippen LogP contribution in [0.1, 0.15) is 45.1 Å². The van der Waals surface area contributed by atoms with Gasteiger partial charge in [0, 0.05) is 19.3 Å². The van der Waals surface area contributed by atoms with Gasteiger partial charge in [0.1, 0.15) is 5.41 Å². The molecule has 0 aromatic heterocycles. The number of benzene rings is 1. The molecule has 1 saturated carbocycles. The predicted molar refractivity (Wildman–Crippen MR) is 88.7 cm³/mol. The van der Waals surface area contributed by atoms with E-state index in [9.17, 15) is 9.59 Å². The quantitative estimate of drug-likeness (QED) is 0.786. The van der Waals surface area contributed by atoms with Gasteiger partial charge in [-0.3, -0.25) is 9.59 Å². The summed E-state index contributed by atoms with van der Waals surface area (Å²) < 4.78 is 0. The number of nitrogens with one attached hydrogen (secondary N) is 1. The van der Waals surface area contributed by atoms with E-state index < -0.39 is 5.41 Å². The van der Waals surface area contributed by atoms with Crippen molar-refractivity contribution in [3.8, 4) is 0 Å². The lowest BCUT2D eigenvalue weighted by Gasteiger charge is -2.23. The van der Waals surface area contributed by atoms with Gasteiger partial charge >= 0.3 is 0 Å². The van der Waals surface area contributed by atoms with Crippen LogP contribution in [0.15, 0.2) is 24.3 Å². The molecule has 2 rings (SSSR count). The van der Waals surface area contributed by atoms with Gasteiger partial charge in [-0.1, -0.05) is 38.5 Å². The van der Waals surface area contributed by atoms with Crippen LogP contribution < -0.4 is 5.32 Å². The van der Waals surface area contributed by atoms with Gasteiger partial charge in [-0.15, -0.1) is 0 Å². The van der Waals surface area contributed by atoms with Gasteiger partial charge in [0.05, 0.1) is 0 Å². The molecule has 1 aliphatic carbocycles. The Morgan fingerprint density at radius 1 is 1.23 bits per heavy atom. The zero-order valence-corrected chi connectivity index (χ0v) is 13.8. The van der Waals surface area contributed by atoms with Crippen LogP contribution in [0.5, 0.6) is 0 Å². The second-order valence-corrected chi connectivity index (χ2v) is 6.13. The Kier molecular flexibility index (Phi) is 5.22. The molecule has 0 unspecified atom stereocenters. The molecule has 2 amide bonds. The number of hydrogen-bond acceptors (Lipinski definition) is 2. The van der Waals surface area contributed by atoms with E-state index >= 15 is 0 Å². The van der Waals surface area contributed by atoms with Crippen molar-refractivity contribution in [3.05, 3.63) is 29.8 Å². The van der Waals surface area contributed by atoms with E-state index in [1.165, 1.54) is 0 Å². The van der Waals surface area contributed by atoms with Crippen molar-refractivity contribution < 1.29 is 9.59 Å². The van der Waals surface area contributed by atoms with Crippen molar-refractivity contribution in [1.29, 1.82) is 0 Å². The molecule has 0 bridgehead atoms. The molecule has 0 saturated heterocycles. The maximum absolute atomic E-state index is 12.6. The third kappa shape index (κ3) is 3.32. The molecule has 4 nitrogen and oxygen atoms in total. The lowest BCUT2D eigenvalue weighted by atomic mass is 10.0. The fourth-order valence-electron chi connectivity index (χ4n) is 2.72. The first-order valence-corrected chi connectivity index (χ1v) is 8.20. The highest BCUT2D eigenvalue weighted by Crippen LogP contribution is 2.48. The molecule has 1 N–H and O–H groups in total. The van der Waals surface area contributed by atoms with E-state index in [1.807, 2.05) is 24.3 Å². The average molecular weight is 302 g/mol. The first-order valence-electron chi connectivity index (χ1n) is 8.20. The maximum atomic E-state index is 12.6. The minimum absolute atomic E-state index is 0.0348. The summed E-state index contributed by atoms with van der Waals surface area (Å²) in [5.41, 5.74) is 1.09. The fourth-order valence-corrected chi connectivity index (χ4v) is 2.72. The summed E-state index contributed by atoms with van der Waals surface area (Å²) >= 11 is 0. The summed E-state index contributed by atoms with van der Waals surface area (Å²) in [6.07, 6.45) is 4.18. The summed E-state index contributed by atoms with van der Waals surface area (Å²) in [6, 6.07) is 7.77. The molecule has 120 valence electrons. The van der Waals surface area contributed by atoms with Crippen molar-refractivity contribution in [3.63, 3.8) is 0 Å². The van der Waals surface area contributed by atoms with E-state index in [0.29, 0.717) is 12.8 Å². The minimum Gasteiger partial charge on any atom is -0.345 e. The number of amides is 2. The summed E-state index contributed by atoms with van der Waals surface area (Å²) in [4.78, 5) is 26.9. The predicted octanol–water partition coefficient (Wildman–Crippen LogP) is 3.23. The molecule has 1 aromatic rings. The van der Waals surface area contributed by atoms with Gasteiger partial charge in [-0.05, 0) is 37.3 Å². The van der Waals surface area contributed by atoms with Crippen molar-refractivity contribution in [2.75, 3.05) is 18.9 Å². The molecule has 22 heavy (non-hydrogen) atoms. The van der Waals surface area contributed by atoms with Crippen LogP contribution in [0, 0.1) is 5.41 Å². The number of carbonyl (C=O) groups is 2. The van der Waals surface area contributed by atoms with Gasteiger partial charge in [-0.2, -0.15) is 0 Å². The highest BCUT2D eigenvalue weighted by molar-refractivity contribution is 6.13. The summed E-state index contributed by atoms with van der Waals surface area (Å²) in [5.74, 6) is -0.186. The number of aryl methyl sites for hydroxylation is 1. The van der Waals surface area contributed by atoms with Crippen LogP contribution in [0.25, 0.3) is 0 Å². The smallest absolute Gasteiger partial charge is 0.240 e. The molecule has 1 fully saturated rings. The summed E-state index contributed by atoms with van der Waals surface area (Å²) in [7, 11) is 1.80. The van der Waals surface area contributed by atoms with Gasteiger partial charge in [0.25, 0.3) is 0 Å². The number of para-hydroxylation sites is 1. The lowest BCUT2D eigenvalue weighted by molar-refractivity contribution is -0.141. The third-order valence-corrected chi connectivity index (χ3v) is 4.43. The Hall–Kier alpha value is -1.84. The first kappa shape index (κ1) is 16.5. The molecule has 0 atom stereocenters. The Morgan fingerprint density at radius 2 is 1.91 bits per heavy atom. The fraction of sp³-hybridized carbons (Fsp3) is 0.556. The largest absolute Gasteiger partial charge is 0.345 e. The highest BCUT2D eigenvalue weighted by Gasteiger charge is 2.57.